The van der Waals surface area contributed by atoms with E-state index < -0.39 is 10.0 Å². The van der Waals surface area contributed by atoms with Crippen LogP contribution >= 0.6 is 0 Å². The van der Waals surface area contributed by atoms with E-state index in [2.05, 4.69) is 16.8 Å². The molecule has 0 amide bonds. The third kappa shape index (κ3) is 3.41. The zero-order valence-corrected chi connectivity index (χ0v) is 11.9. The molecule has 0 aromatic carbocycles. The van der Waals surface area contributed by atoms with E-state index >= 15 is 0 Å². The van der Waals surface area contributed by atoms with Crippen molar-refractivity contribution >= 4 is 10.0 Å². The lowest BCUT2D eigenvalue weighted by Gasteiger charge is -2.19. The molecule has 0 radical (unpaired) electrons. The van der Waals surface area contributed by atoms with Crippen LogP contribution < -0.4 is 0 Å². The number of aryl methyl sites for hydroxylation is 1. The molecule has 7 nitrogen and oxygen atoms in total. The number of aliphatic hydroxyl groups is 1. The van der Waals surface area contributed by atoms with E-state index in [1.807, 2.05) is 0 Å². The van der Waals surface area contributed by atoms with Crippen molar-refractivity contribution in [3.63, 3.8) is 0 Å². The lowest BCUT2D eigenvalue weighted by Crippen LogP contribution is -2.34. The van der Waals surface area contributed by atoms with Crippen LogP contribution in [-0.4, -0.2) is 54.8 Å². The standard InChI is InChI=1S/C11H19N3O4S/c1-4-5-14(6-7-18-3)19(16,17)11-10(8-15)9(2)12-13-11/h4,15H,1,5-8H2,2-3H3,(H,12,13). The first-order valence-corrected chi connectivity index (χ1v) is 7.17. The Hall–Kier alpha value is -1.22. The maximum atomic E-state index is 12.5. The Morgan fingerprint density at radius 1 is 1.58 bits per heavy atom. The molecule has 8 heteroatoms. The van der Waals surface area contributed by atoms with Crippen molar-refractivity contribution in [2.75, 3.05) is 26.8 Å². The van der Waals surface area contributed by atoms with Crippen LogP contribution in [0, 0.1) is 6.92 Å². The number of H-pyrrole nitrogens is 1. The highest BCUT2D eigenvalue weighted by Gasteiger charge is 2.29. The summed E-state index contributed by atoms with van der Waals surface area (Å²) in [5.74, 6) is 0. The SMILES string of the molecule is C=CCN(CCOC)S(=O)(=O)c1n[nH]c(C)c1CO. The summed E-state index contributed by atoms with van der Waals surface area (Å²) in [5.41, 5.74) is 0.817. The molecule has 0 unspecified atom stereocenters. The molecule has 0 fully saturated rings. The van der Waals surface area contributed by atoms with E-state index in [4.69, 9.17) is 4.74 Å². The number of nitrogens with one attached hydrogen (secondary N) is 1. The summed E-state index contributed by atoms with van der Waals surface area (Å²) in [4.78, 5) is 0. The molecule has 0 saturated heterocycles. The van der Waals surface area contributed by atoms with Gasteiger partial charge in [0.05, 0.1) is 13.2 Å². The van der Waals surface area contributed by atoms with Crippen LogP contribution in [0.3, 0.4) is 0 Å². The van der Waals surface area contributed by atoms with Crippen LogP contribution in [0.4, 0.5) is 0 Å². The topological polar surface area (TPSA) is 95.5 Å². The first-order chi connectivity index (χ1) is 8.98. The largest absolute Gasteiger partial charge is 0.392 e. The van der Waals surface area contributed by atoms with Crippen molar-refractivity contribution in [1.29, 1.82) is 0 Å². The average Bonchev–Trinajstić information content (AvgIpc) is 2.76. The van der Waals surface area contributed by atoms with Crippen LogP contribution in [0.2, 0.25) is 0 Å². The fourth-order valence-electron chi connectivity index (χ4n) is 1.60. The number of hydrogen-bond acceptors (Lipinski definition) is 5. The first kappa shape index (κ1) is 15.8. The molecule has 0 aliphatic heterocycles. The Labute approximate surface area is 112 Å². The number of hydrogen-bond donors (Lipinski definition) is 2. The summed E-state index contributed by atoms with van der Waals surface area (Å²) in [7, 11) is -2.28. The van der Waals surface area contributed by atoms with Gasteiger partial charge < -0.3 is 9.84 Å². The minimum atomic E-state index is -3.78. The summed E-state index contributed by atoms with van der Waals surface area (Å²) < 4.78 is 31.0. The van der Waals surface area contributed by atoms with Crippen molar-refractivity contribution in [3.05, 3.63) is 23.9 Å². The number of sulfonamides is 1. The smallest absolute Gasteiger partial charge is 0.263 e. The van der Waals surface area contributed by atoms with Gasteiger partial charge in [-0.15, -0.1) is 6.58 Å². The zero-order chi connectivity index (χ0) is 14.5. The number of nitrogens with zero attached hydrogens (tertiary/aromatic N) is 2. The molecule has 1 aromatic heterocycles. The van der Waals surface area contributed by atoms with Crippen molar-refractivity contribution in [2.45, 2.75) is 18.6 Å². The zero-order valence-electron chi connectivity index (χ0n) is 11.1. The summed E-state index contributed by atoms with van der Waals surface area (Å²) in [5, 5.41) is 15.5. The number of aromatic amines is 1. The maximum Gasteiger partial charge on any atom is 0.263 e. The van der Waals surface area contributed by atoms with Gasteiger partial charge in [0.25, 0.3) is 10.0 Å². The molecule has 19 heavy (non-hydrogen) atoms. The summed E-state index contributed by atoms with van der Waals surface area (Å²) in [6.07, 6.45) is 1.49. The molecule has 0 bridgehead atoms. The van der Waals surface area contributed by atoms with Gasteiger partial charge in [-0.3, -0.25) is 5.10 Å². The first-order valence-electron chi connectivity index (χ1n) is 5.73. The normalized spacial score (nSPS) is 12.0. The van der Waals surface area contributed by atoms with E-state index in [0.717, 1.165) is 0 Å². The maximum absolute atomic E-state index is 12.5. The van der Waals surface area contributed by atoms with Gasteiger partial charge in [-0.05, 0) is 6.92 Å². The third-order valence-corrected chi connectivity index (χ3v) is 4.49. The molecule has 1 heterocycles. The number of aromatic nitrogens is 2. The fraction of sp³-hybridized carbons (Fsp3) is 0.545. The van der Waals surface area contributed by atoms with Crippen LogP contribution in [0.1, 0.15) is 11.3 Å². The summed E-state index contributed by atoms with van der Waals surface area (Å²) in [6.45, 7) is 5.43. The van der Waals surface area contributed by atoms with Crippen molar-refractivity contribution in [3.8, 4) is 0 Å². The van der Waals surface area contributed by atoms with E-state index in [-0.39, 0.29) is 36.9 Å². The van der Waals surface area contributed by atoms with Gasteiger partial charge >= 0.3 is 0 Å². The Balaban J connectivity index is 3.14. The Kier molecular flexibility index (Phi) is 5.67. The third-order valence-electron chi connectivity index (χ3n) is 2.66. The molecule has 0 aliphatic carbocycles. The van der Waals surface area contributed by atoms with E-state index in [9.17, 15) is 13.5 Å². The van der Waals surface area contributed by atoms with Crippen molar-refractivity contribution in [1.82, 2.24) is 14.5 Å². The number of rotatable bonds is 8. The van der Waals surface area contributed by atoms with Crippen molar-refractivity contribution < 1.29 is 18.3 Å². The Bertz CT molecular complexity index is 524. The minimum absolute atomic E-state index is 0.148. The molecule has 108 valence electrons. The molecule has 2 N–H and O–H groups in total. The number of ether oxygens (including phenoxy) is 1. The van der Waals surface area contributed by atoms with Gasteiger partial charge in [-0.1, -0.05) is 6.08 Å². The van der Waals surface area contributed by atoms with Crippen LogP contribution in [0.25, 0.3) is 0 Å². The van der Waals surface area contributed by atoms with Gasteiger partial charge in [0, 0.05) is 31.5 Å². The molecular formula is C11H19N3O4S. The lowest BCUT2D eigenvalue weighted by molar-refractivity contribution is 0.181. The van der Waals surface area contributed by atoms with Gasteiger partial charge in [-0.25, -0.2) is 8.42 Å². The quantitative estimate of drug-likeness (QED) is 0.658. The second kappa shape index (κ2) is 6.80. The predicted octanol–water partition coefficient (Wildman–Crippen LogP) is 0.0335. The van der Waals surface area contributed by atoms with Crippen LogP contribution in [-0.2, 0) is 21.4 Å². The fourth-order valence-corrected chi connectivity index (χ4v) is 3.15. The summed E-state index contributed by atoms with van der Waals surface area (Å²) in [6, 6.07) is 0. The highest BCUT2D eigenvalue weighted by Crippen LogP contribution is 2.20. The van der Waals surface area contributed by atoms with Gasteiger partial charge in [0.1, 0.15) is 0 Å². The Morgan fingerprint density at radius 2 is 2.26 bits per heavy atom. The number of aliphatic hydroxyl groups excluding tert-OH is 1. The lowest BCUT2D eigenvalue weighted by atomic mass is 10.3. The predicted molar refractivity (Wildman–Crippen MR) is 70.1 cm³/mol. The van der Waals surface area contributed by atoms with E-state index in [1.54, 1.807) is 6.92 Å². The van der Waals surface area contributed by atoms with Gasteiger partial charge in [-0.2, -0.15) is 9.40 Å². The minimum Gasteiger partial charge on any atom is -0.392 e. The molecule has 1 rings (SSSR count). The highest BCUT2D eigenvalue weighted by atomic mass is 32.2. The molecule has 0 spiro atoms. The van der Waals surface area contributed by atoms with Crippen LogP contribution in [0.5, 0.6) is 0 Å². The molecule has 1 aromatic rings. The van der Waals surface area contributed by atoms with Gasteiger partial charge in [0.2, 0.25) is 0 Å². The van der Waals surface area contributed by atoms with Crippen LogP contribution in [0.15, 0.2) is 17.7 Å². The second-order valence-corrected chi connectivity index (χ2v) is 5.79. The molecule has 0 saturated carbocycles. The molecule has 0 aliphatic rings. The monoisotopic (exact) mass is 289 g/mol. The van der Waals surface area contributed by atoms with Gasteiger partial charge in [0.15, 0.2) is 5.03 Å². The van der Waals surface area contributed by atoms with E-state index in [1.165, 1.54) is 17.5 Å². The second-order valence-electron chi connectivity index (χ2n) is 3.93. The Morgan fingerprint density at radius 3 is 2.79 bits per heavy atom. The van der Waals surface area contributed by atoms with Crippen molar-refractivity contribution in [2.24, 2.45) is 0 Å². The number of methoxy groups -OCH3 is 1. The summed E-state index contributed by atoms with van der Waals surface area (Å²) >= 11 is 0. The highest BCUT2D eigenvalue weighted by molar-refractivity contribution is 7.89. The molecule has 0 atom stereocenters. The molecular weight excluding hydrogens is 270 g/mol. The average molecular weight is 289 g/mol. The van der Waals surface area contributed by atoms with E-state index in [0.29, 0.717) is 5.69 Å².